The molecule has 0 aliphatic carbocycles. The molecule has 0 rings (SSSR count). The number of methoxy groups -OCH3 is 1. The SMILES string of the molecule is C=CC(C)(CCOCCOC)C(=O)OCC. The van der Waals surface area contributed by atoms with Gasteiger partial charge in [0.25, 0.3) is 0 Å². The molecule has 1 atom stereocenters. The van der Waals surface area contributed by atoms with Gasteiger partial charge in [-0.2, -0.15) is 0 Å². The lowest BCUT2D eigenvalue weighted by molar-refractivity contribution is -0.152. The number of esters is 1. The Morgan fingerprint density at radius 2 is 2.06 bits per heavy atom. The maximum Gasteiger partial charge on any atom is 0.315 e. The summed E-state index contributed by atoms with van der Waals surface area (Å²) in [5, 5.41) is 0. The van der Waals surface area contributed by atoms with Crippen LogP contribution in [-0.2, 0) is 19.0 Å². The van der Waals surface area contributed by atoms with Gasteiger partial charge < -0.3 is 14.2 Å². The highest BCUT2D eigenvalue weighted by molar-refractivity contribution is 5.78. The molecule has 0 aliphatic rings. The topological polar surface area (TPSA) is 44.8 Å². The molecule has 0 N–H and O–H groups in total. The molecule has 1 unspecified atom stereocenters. The fourth-order valence-corrected chi connectivity index (χ4v) is 1.11. The van der Waals surface area contributed by atoms with Gasteiger partial charge in [-0.25, -0.2) is 0 Å². The fourth-order valence-electron chi connectivity index (χ4n) is 1.11. The zero-order chi connectivity index (χ0) is 12.4. The standard InChI is InChI=1S/C12H22O4/c1-5-12(3,11(13)16-6-2)7-8-15-10-9-14-4/h5H,1,6-10H2,2-4H3. The minimum atomic E-state index is -0.664. The summed E-state index contributed by atoms with van der Waals surface area (Å²) in [6.07, 6.45) is 2.18. The highest BCUT2D eigenvalue weighted by Crippen LogP contribution is 2.24. The molecule has 0 saturated carbocycles. The van der Waals surface area contributed by atoms with Crippen molar-refractivity contribution >= 4 is 5.97 Å². The summed E-state index contributed by atoms with van der Waals surface area (Å²) in [7, 11) is 1.62. The molecular formula is C12H22O4. The highest BCUT2D eigenvalue weighted by Gasteiger charge is 2.30. The second-order valence-corrected chi connectivity index (χ2v) is 3.70. The summed E-state index contributed by atoms with van der Waals surface area (Å²) in [6, 6.07) is 0. The van der Waals surface area contributed by atoms with E-state index in [-0.39, 0.29) is 5.97 Å². The second-order valence-electron chi connectivity index (χ2n) is 3.70. The molecule has 0 aromatic rings. The Bertz CT molecular complexity index is 215. The summed E-state index contributed by atoms with van der Waals surface area (Å²) in [6.45, 7) is 9.23. The van der Waals surface area contributed by atoms with E-state index in [0.29, 0.717) is 32.8 Å². The summed E-state index contributed by atoms with van der Waals surface area (Å²) in [5.41, 5.74) is -0.664. The van der Waals surface area contributed by atoms with Crippen LogP contribution in [0.4, 0.5) is 0 Å². The van der Waals surface area contributed by atoms with Crippen LogP contribution < -0.4 is 0 Å². The number of carbonyl (C=O) groups excluding carboxylic acids is 1. The molecule has 0 aliphatic heterocycles. The molecule has 4 nitrogen and oxygen atoms in total. The van der Waals surface area contributed by atoms with E-state index >= 15 is 0 Å². The van der Waals surface area contributed by atoms with Gasteiger partial charge in [-0.15, -0.1) is 6.58 Å². The number of rotatable bonds is 9. The van der Waals surface area contributed by atoms with Gasteiger partial charge in [0, 0.05) is 13.7 Å². The number of hydrogen-bond acceptors (Lipinski definition) is 4. The van der Waals surface area contributed by atoms with Gasteiger partial charge in [0.05, 0.1) is 25.2 Å². The van der Waals surface area contributed by atoms with E-state index in [1.807, 2.05) is 0 Å². The van der Waals surface area contributed by atoms with Crippen molar-refractivity contribution in [1.29, 1.82) is 0 Å². The summed E-state index contributed by atoms with van der Waals surface area (Å²) in [5.74, 6) is -0.250. The van der Waals surface area contributed by atoms with Crippen molar-refractivity contribution in [2.75, 3.05) is 33.5 Å². The first-order chi connectivity index (χ1) is 7.60. The van der Waals surface area contributed by atoms with E-state index in [0.717, 1.165) is 0 Å². The summed E-state index contributed by atoms with van der Waals surface area (Å²) in [4.78, 5) is 11.6. The molecule has 0 radical (unpaired) electrons. The molecule has 16 heavy (non-hydrogen) atoms. The van der Waals surface area contributed by atoms with Gasteiger partial charge >= 0.3 is 5.97 Å². The van der Waals surface area contributed by atoms with Crippen molar-refractivity contribution in [3.63, 3.8) is 0 Å². The van der Waals surface area contributed by atoms with Crippen molar-refractivity contribution in [1.82, 2.24) is 0 Å². The molecule has 0 bridgehead atoms. The maximum absolute atomic E-state index is 11.6. The van der Waals surface area contributed by atoms with Crippen LogP contribution >= 0.6 is 0 Å². The molecule has 94 valence electrons. The largest absolute Gasteiger partial charge is 0.465 e. The normalized spacial score (nSPS) is 14.2. The van der Waals surface area contributed by atoms with Crippen LogP contribution in [0.1, 0.15) is 20.3 Å². The minimum Gasteiger partial charge on any atom is -0.465 e. The quantitative estimate of drug-likeness (QED) is 0.344. The monoisotopic (exact) mass is 230 g/mol. The average Bonchev–Trinajstić information content (AvgIpc) is 2.28. The van der Waals surface area contributed by atoms with Gasteiger partial charge in [0.15, 0.2) is 0 Å². The third kappa shape index (κ3) is 5.28. The lowest BCUT2D eigenvalue weighted by Crippen LogP contribution is -2.29. The van der Waals surface area contributed by atoms with E-state index in [1.165, 1.54) is 0 Å². The molecule has 4 heteroatoms. The van der Waals surface area contributed by atoms with Crippen LogP contribution in [0, 0.1) is 5.41 Å². The van der Waals surface area contributed by atoms with Gasteiger partial charge in [-0.1, -0.05) is 6.08 Å². The summed E-state index contributed by atoms with van der Waals surface area (Å²) >= 11 is 0. The highest BCUT2D eigenvalue weighted by atomic mass is 16.5. The lowest BCUT2D eigenvalue weighted by Gasteiger charge is -2.22. The first-order valence-corrected chi connectivity index (χ1v) is 5.48. The van der Waals surface area contributed by atoms with Crippen LogP contribution in [0.2, 0.25) is 0 Å². The predicted molar refractivity (Wildman–Crippen MR) is 62.2 cm³/mol. The molecule has 0 aromatic carbocycles. The Hall–Kier alpha value is -0.870. The number of hydrogen-bond donors (Lipinski definition) is 0. The van der Waals surface area contributed by atoms with E-state index in [1.54, 1.807) is 27.0 Å². The Kier molecular flexibility index (Phi) is 7.85. The first kappa shape index (κ1) is 15.1. The predicted octanol–water partition coefficient (Wildman–Crippen LogP) is 1.79. The fraction of sp³-hybridized carbons (Fsp3) is 0.750. The van der Waals surface area contributed by atoms with Crippen LogP contribution in [0.15, 0.2) is 12.7 Å². The third-order valence-electron chi connectivity index (χ3n) is 2.39. The molecule has 0 fully saturated rings. The molecule has 0 aromatic heterocycles. The van der Waals surface area contributed by atoms with Gasteiger partial charge in [-0.3, -0.25) is 4.79 Å². The second kappa shape index (κ2) is 8.30. The van der Waals surface area contributed by atoms with E-state index in [9.17, 15) is 4.79 Å². The van der Waals surface area contributed by atoms with Crippen molar-refractivity contribution in [2.45, 2.75) is 20.3 Å². The smallest absolute Gasteiger partial charge is 0.315 e. The van der Waals surface area contributed by atoms with Crippen LogP contribution in [0.5, 0.6) is 0 Å². The molecule has 0 saturated heterocycles. The average molecular weight is 230 g/mol. The van der Waals surface area contributed by atoms with Crippen LogP contribution in [0.3, 0.4) is 0 Å². The van der Waals surface area contributed by atoms with E-state index < -0.39 is 5.41 Å². The van der Waals surface area contributed by atoms with Crippen molar-refractivity contribution in [2.24, 2.45) is 5.41 Å². The zero-order valence-electron chi connectivity index (χ0n) is 10.5. The Morgan fingerprint density at radius 1 is 1.38 bits per heavy atom. The number of ether oxygens (including phenoxy) is 3. The van der Waals surface area contributed by atoms with Gasteiger partial charge in [0.1, 0.15) is 0 Å². The molecule has 0 amide bonds. The van der Waals surface area contributed by atoms with Gasteiger partial charge in [-0.05, 0) is 20.3 Å². The first-order valence-electron chi connectivity index (χ1n) is 5.48. The Balaban J connectivity index is 3.96. The van der Waals surface area contributed by atoms with Crippen molar-refractivity contribution < 1.29 is 19.0 Å². The minimum absolute atomic E-state index is 0.250. The van der Waals surface area contributed by atoms with Crippen LogP contribution in [0.25, 0.3) is 0 Å². The molecule has 0 heterocycles. The van der Waals surface area contributed by atoms with Gasteiger partial charge in [0.2, 0.25) is 0 Å². The van der Waals surface area contributed by atoms with E-state index in [4.69, 9.17) is 14.2 Å². The lowest BCUT2D eigenvalue weighted by atomic mass is 9.87. The van der Waals surface area contributed by atoms with Crippen LogP contribution in [-0.4, -0.2) is 39.5 Å². The summed E-state index contributed by atoms with van der Waals surface area (Å²) < 4.78 is 15.2. The molecule has 0 spiro atoms. The third-order valence-corrected chi connectivity index (χ3v) is 2.39. The van der Waals surface area contributed by atoms with Crippen molar-refractivity contribution in [3.05, 3.63) is 12.7 Å². The molecular weight excluding hydrogens is 208 g/mol. The maximum atomic E-state index is 11.6. The number of carbonyl (C=O) groups is 1. The zero-order valence-corrected chi connectivity index (χ0v) is 10.5. The Labute approximate surface area is 97.6 Å². The van der Waals surface area contributed by atoms with E-state index in [2.05, 4.69) is 6.58 Å². The van der Waals surface area contributed by atoms with Crippen molar-refractivity contribution in [3.8, 4) is 0 Å². The Morgan fingerprint density at radius 3 is 2.56 bits per heavy atom.